The molecule has 1 aromatic carbocycles. The summed E-state index contributed by atoms with van der Waals surface area (Å²) in [6, 6.07) is 5.76. The van der Waals surface area contributed by atoms with Gasteiger partial charge in [0, 0.05) is 25.0 Å². The lowest BCUT2D eigenvalue weighted by molar-refractivity contribution is -0.127. The highest BCUT2D eigenvalue weighted by molar-refractivity contribution is 7.99. The van der Waals surface area contributed by atoms with Crippen LogP contribution in [0.15, 0.2) is 28.2 Å². The first-order chi connectivity index (χ1) is 16.4. The van der Waals surface area contributed by atoms with Crippen molar-refractivity contribution >= 4 is 39.2 Å². The largest absolute Gasteiger partial charge is 0.486 e. The number of nitrogens with zero attached hydrogens (tertiary/aromatic N) is 3. The molecule has 7 nitrogen and oxygen atoms in total. The minimum Gasteiger partial charge on any atom is -0.486 e. The molecule has 2 aromatic heterocycles. The molecule has 2 aliphatic rings. The molecule has 0 saturated carbocycles. The average Bonchev–Trinajstić information content (AvgIpc) is 3.19. The number of benzene rings is 1. The molecule has 34 heavy (non-hydrogen) atoms. The number of rotatable bonds is 6. The summed E-state index contributed by atoms with van der Waals surface area (Å²) in [6.07, 6.45) is 3.09. The van der Waals surface area contributed by atoms with Crippen molar-refractivity contribution in [1.29, 1.82) is 0 Å². The van der Waals surface area contributed by atoms with Crippen molar-refractivity contribution in [1.82, 2.24) is 14.5 Å². The Bertz CT molecular complexity index is 1300. The topological polar surface area (TPSA) is 73.7 Å². The van der Waals surface area contributed by atoms with Crippen LogP contribution >= 0.6 is 23.1 Å². The second kappa shape index (κ2) is 9.62. The van der Waals surface area contributed by atoms with E-state index in [1.165, 1.54) is 22.2 Å². The van der Waals surface area contributed by atoms with E-state index < -0.39 is 0 Å². The maximum Gasteiger partial charge on any atom is 0.263 e. The van der Waals surface area contributed by atoms with Crippen LogP contribution in [0.4, 0.5) is 0 Å². The molecule has 3 aromatic rings. The van der Waals surface area contributed by atoms with Crippen LogP contribution in [-0.4, -0.2) is 46.4 Å². The van der Waals surface area contributed by atoms with E-state index in [9.17, 15) is 9.59 Å². The number of aromatic nitrogens is 2. The fourth-order valence-electron chi connectivity index (χ4n) is 4.58. The molecule has 5 rings (SSSR count). The number of ether oxygens (including phenoxy) is 2. The lowest BCUT2D eigenvalue weighted by Gasteiger charge is -2.21. The number of carbonyl (C=O) groups is 1. The third-order valence-electron chi connectivity index (χ3n) is 6.47. The third-order valence-corrected chi connectivity index (χ3v) is 8.58. The number of thioether (sulfide) groups is 1. The second-order valence-electron chi connectivity index (χ2n) is 8.99. The van der Waals surface area contributed by atoms with Gasteiger partial charge in [-0.15, -0.1) is 11.3 Å². The molecule has 0 spiro atoms. The van der Waals surface area contributed by atoms with Gasteiger partial charge in [0.2, 0.25) is 5.91 Å². The standard InChI is InChI=1S/C25H29N3O4S2/c1-4-28-24(30)22-17-7-5-15(2)11-20(17)34-23(22)26-25(28)33-14-21(29)27(3)13-16-6-8-18-19(12-16)32-10-9-31-18/h6,8,12,15H,4-5,7,9-11,13-14H2,1-3H3. The van der Waals surface area contributed by atoms with Gasteiger partial charge in [-0.2, -0.15) is 0 Å². The number of fused-ring (bicyclic) bond motifs is 4. The zero-order chi connectivity index (χ0) is 23.8. The predicted octanol–water partition coefficient (Wildman–Crippen LogP) is 4.12. The first-order valence-corrected chi connectivity index (χ1v) is 13.5. The number of hydrogen-bond acceptors (Lipinski definition) is 7. The van der Waals surface area contributed by atoms with Gasteiger partial charge < -0.3 is 14.4 Å². The molecule has 0 fully saturated rings. The Hall–Kier alpha value is -2.52. The molecule has 0 radical (unpaired) electrons. The number of thiophene rings is 1. The summed E-state index contributed by atoms with van der Waals surface area (Å²) in [5, 5.41) is 1.41. The fraction of sp³-hybridized carbons (Fsp3) is 0.480. The summed E-state index contributed by atoms with van der Waals surface area (Å²) >= 11 is 2.99. The first kappa shape index (κ1) is 23.2. The smallest absolute Gasteiger partial charge is 0.263 e. The summed E-state index contributed by atoms with van der Waals surface area (Å²) in [7, 11) is 1.79. The van der Waals surface area contributed by atoms with Crippen molar-refractivity contribution in [3.8, 4) is 11.5 Å². The SMILES string of the molecule is CCn1c(SCC(=O)N(C)Cc2ccc3c(c2)OCCO3)nc2sc3c(c2c1=O)CCC(C)C3. The Balaban J connectivity index is 1.31. The van der Waals surface area contributed by atoms with E-state index in [2.05, 4.69) is 6.92 Å². The number of aryl methyl sites for hydroxylation is 1. The highest BCUT2D eigenvalue weighted by Crippen LogP contribution is 2.36. The number of hydrogen-bond donors (Lipinski definition) is 0. The summed E-state index contributed by atoms with van der Waals surface area (Å²) in [6.45, 7) is 6.31. The maximum absolute atomic E-state index is 13.3. The van der Waals surface area contributed by atoms with E-state index in [1.54, 1.807) is 27.9 Å². The molecule has 0 N–H and O–H groups in total. The molecular weight excluding hydrogens is 470 g/mol. The van der Waals surface area contributed by atoms with E-state index in [0.29, 0.717) is 37.4 Å². The van der Waals surface area contributed by atoms with Gasteiger partial charge in [0.05, 0.1) is 11.1 Å². The Morgan fingerprint density at radius 1 is 1.29 bits per heavy atom. The van der Waals surface area contributed by atoms with Crippen LogP contribution in [0.1, 0.15) is 36.3 Å². The fourth-order valence-corrected chi connectivity index (χ4v) is 7.01. The van der Waals surface area contributed by atoms with Gasteiger partial charge in [-0.1, -0.05) is 24.8 Å². The quantitative estimate of drug-likeness (QED) is 0.375. The number of amides is 1. The Kier molecular flexibility index (Phi) is 6.57. The third kappa shape index (κ3) is 4.43. The van der Waals surface area contributed by atoms with Gasteiger partial charge in [-0.05, 0) is 55.4 Å². The van der Waals surface area contributed by atoms with Crippen LogP contribution in [0.3, 0.4) is 0 Å². The van der Waals surface area contributed by atoms with Gasteiger partial charge in [-0.25, -0.2) is 4.98 Å². The normalized spacial score (nSPS) is 17.0. The van der Waals surface area contributed by atoms with E-state index in [1.807, 2.05) is 25.1 Å². The Labute approximate surface area is 207 Å². The van der Waals surface area contributed by atoms with Gasteiger partial charge in [0.1, 0.15) is 18.0 Å². The van der Waals surface area contributed by atoms with E-state index in [-0.39, 0.29) is 17.2 Å². The Morgan fingerprint density at radius 3 is 2.88 bits per heavy atom. The monoisotopic (exact) mass is 499 g/mol. The zero-order valence-corrected chi connectivity index (χ0v) is 21.4. The molecular formula is C25H29N3O4S2. The number of carbonyl (C=O) groups excluding carboxylic acids is 1. The summed E-state index contributed by atoms with van der Waals surface area (Å²) < 4.78 is 12.9. The van der Waals surface area contributed by atoms with Crippen LogP contribution in [0, 0.1) is 5.92 Å². The second-order valence-corrected chi connectivity index (χ2v) is 11.0. The molecule has 0 saturated heterocycles. The summed E-state index contributed by atoms with van der Waals surface area (Å²) in [5.74, 6) is 2.31. The van der Waals surface area contributed by atoms with Gasteiger partial charge in [0.15, 0.2) is 16.7 Å². The molecule has 1 amide bonds. The van der Waals surface area contributed by atoms with Crippen LogP contribution in [0.2, 0.25) is 0 Å². The zero-order valence-electron chi connectivity index (χ0n) is 19.8. The highest BCUT2D eigenvalue weighted by Gasteiger charge is 2.25. The van der Waals surface area contributed by atoms with Crippen molar-refractivity contribution in [2.75, 3.05) is 26.0 Å². The van der Waals surface area contributed by atoms with Gasteiger partial charge in [-0.3, -0.25) is 14.2 Å². The molecule has 180 valence electrons. The average molecular weight is 500 g/mol. The molecule has 1 atom stereocenters. The van der Waals surface area contributed by atoms with E-state index >= 15 is 0 Å². The maximum atomic E-state index is 13.3. The molecule has 3 heterocycles. The lowest BCUT2D eigenvalue weighted by atomic mass is 9.89. The molecule has 1 unspecified atom stereocenters. The van der Waals surface area contributed by atoms with Crippen LogP contribution in [0.25, 0.3) is 10.2 Å². The molecule has 9 heteroatoms. The minimum atomic E-state index is -0.0174. The van der Waals surface area contributed by atoms with Crippen molar-refractivity contribution < 1.29 is 14.3 Å². The van der Waals surface area contributed by atoms with Crippen LogP contribution in [0.5, 0.6) is 11.5 Å². The van der Waals surface area contributed by atoms with Gasteiger partial charge >= 0.3 is 0 Å². The first-order valence-electron chi connectivity index (χ1n) is 11.7. The molecule has 0 bridgehead atoms. The minimum absolute atomic E-state index is 0.0174. The molecule has 1 aliphatic carbocycles. The Morgan fingerprint density at radius 2 is 2.09 bits per heavy atom. The van der Waals surface area contributed by atoms with E-state index in [4.69, 9.17) is 14.5 Å². The van der Waals surface area contributed by atoms with Gasteiger partial charge in [0.25, 0.3) is 5.56 Å². The highest BCUT2D eigenvalue weighted by atomic mass is 32.2. The van der Waals surface area contributed by atoms with Crippen molar-refractivity contribution in [3.05, 3.63) is 44.6 Å². The lowest BCUT2D eigenvalue weighted by Crippen LogP contribution is -2.29. The predicted molar refractivity (Wildman–Crippen MR) is 135 cm³/mol. The summed E-state index contributed by atoms with van der Waals surface area (Å²) in [4.78, 5) is 34.9. The molecule has 1 aliphatic heterocycles. The van der Waals surface area contributed by atoms with Crippen LogP contribution in [-0.2, 0) is 30.7 Å². The van der Waals surface area contributed by atoms with E-state index in [0.717, 1.165) is 46.5 Å². The van der Waals surface area contributed by atoms with Crippen molar-refractivity contribution in [2.24, 2.45) is 5.92 Å². The van der Waals surface area contributed by atoms with Crippen LogP contribution < -0.4 is 15.0 Å². The summed E-state index contributed by atoms with van der Waals surface area (Å²) in [5.41, 5.74) is 2.21. The van der Waals surface area contributed by atoms with Crippen molar-refractivity contribution in [3.63, 3.8) is 0 Å². The van der Waals surface area contributed by atoms with Crippen molar-refractivity contribution in [2.45, 2.75) is 51.4 Å².